The topological polar surface area (TPSA) is 12.9 Å². The minimum atomic E-state index is -1.79. The summed E-state index contributed by atoms with van der Waals surface area (Å²) in [6, 6.07) is 19.8. The van der Waals surface area contributed by atoms with E-state index in [9.17, 15) is 0 Å². The van der Waals surface area contributed by atoms with E-state index in [1.54, 1.807) is 0 Å². The summed E-state index contributed by atoms with van der Waals surface area (Å²) < 4.78 is 4.15. The van der Waals surface area contributed by atoms with Crippen LogP contribution in [0.25, 0.3) is 31.4 Å². The fraction of sp³-hybridized carbons (Fsp3) is 0.150. The fourth-order valence-electron chi connectivity index (χ4n) is 2.89. The molecule has 0 N–H and O–H groups in total. The van der Waals surface area contributed by atoms with Crippen molar-refractivity contribution in [2.24, 2.45) is 0 Å². The number of pyridine rings is 1. The van der Waals surface area contributed by atoms with Gasteiger partial charge in [0.1, 0.15) is 0 Å². The third kappa shape index (κ3) is 2.70. The summed E-state index contributed by atoms with van der Waals surface area (Å²) in [5, 5.41) is 2.68. The van der Waals surface area contributed by atoms with Crippen molar-refractivity contribution in [2.45, 2.75) is 17.3 Å². The number of thiophene rings is 1. The maximum atomic E-state index is 4.74. The van der Waals surface area contributed by atoms with Crippen molar-refractivity contribution in [3.8, 4) is 11.3 Å². The number of fused-ring (bicyclic) bond motifs is 3. The second-order valence-corrected chi connectivity index (χ2v) is 18.7. The van der Waals surface area contributed by atoms with Crippen LogP contribution >= 0.6 is 11.3 Å². The minimum absolute atomic E-state index is 1.07. The molecular weight excluding hydrogens is 359 g/mol. The van der Waals surface area contributed by atoms with Crippen LogP contribution in [-0.4, -0.2) is 18.3 Å². The summed E-state index contributed by atoms with van der Waals surface area (Å²) in [6.45, 7) is 0. The van der Waals surface area contributed by atoms with Crippen LogP contribution in [0.15, 0.2) is 60.8 Å². The van der Waals surface area contributed by atoms with Crippen LogP contribution in [0.2, 0.25) is 17.3 Å². The van der Waals surface area contributed by atoms with Crippen LogP contribution in [0.4, 0.5) is 0 Å². The Morgan fingerprint density at radius 3 is 2.35 bits per heavy atom. The van der Waals surface area contributed by atoms with Crippen molar-refractivity contribution in [2.75, 3.05) is 0 Å². The number of benzene rings is 2. The molecule has 2 aromatic carbocycles. The first-order valence-corrected chi connectivity index (χ1v) is 16.1. The van der Waals surface area contributed by atoms with E-state index in [0.717, 1.165) is 5.69 Å². The van der Waals surface area contributed by atoms with Gasteiger partial charge in [0.05, 0.1) is 0 Å². The number of rotatable bonds is 2. The van der Waals surface area contributed by atoms with Crippen LogP contribution in [0.1, 0.15) is 0 Å². The molecule has 0 amide bonds. The summed E-state index contributed by atoms with van der Waals surface area (Å²) in [6.07, 6.45) is 2.09. The summed E-state index contributed by atoms with van der Waals surface area (Å²) >= 11 is 0.0725. The predicted octanol–water partition coefficient (Wildman–Crippen LogP) is 5.66. The zero-order valence-corrected chi connectivity index (χ0v) is 16.5. The van der Waals surface area contributed by atoms with Gasteiger partial charge in [-0.15, -0.1) is 0 Å². The van der Waals surface area contributed by atoms with Crippen molar-refractivity contribution in [3.63, 3.8) is 0 Å². The van der Waals surface area contributed by atoms with Crippen molar-refractivity contribution >= 4 is 49.2 Å². The van der Waals surface area contributed by atoms with Crippen molar-refractivity contribution in [1.29, 1.82) is 0 Å². The molecule has 0 aliphatic rings. The Bertz CT molecular complexity index is 994. The SMILES string of the molecule is [CH3][Ge]([CH3])([CH3])[c]1ccc(-c2ccc3sc4ccccc4c3c2)nc1. The molecular formula is C20H19GeNS. The molecule has 3 heteroatoms. The molecule has 2 aromatic heterocycles. The van der Waals surface area contributed by atoms with Crippen LogP contribution in [-0.2, 0) is 0 Å². The molecule has 0 aliphatic heterocycles. The molecule has 23 heavy (non-hydrogen) atoms. The van der Waals surface area contributed by atoms with Gasteiger partial charge >= 0.3 is 143 Å². The molecule has 4 aromatic rings. The second-order valence-electron chi connectivity index (χ2n) is 6.99. The van der Waals surface area contributed by atoms with E-state index in [4.69, 9.17) is 4.98 Å². The molecule has 0 atom stereocenters. The van der Waals surface area contributed by atoms with Crippen LogP contribution in [0.5, 0.6) is 0 Å². The molecule has 2 heterocycles. The maximum absolute atomic E-state index is 4.74. The average molecular weight is 378 g/mol. The van der Waals surface area contributed by atoms with Crippen molar-refractivity contribution < 1.29 is 0 Å². The Morgan fingerprint density at radius 1 is 0.826 bits per heavy atom. The first-order chi connectivity index (χ1) is 11.0. The molecule has 0 radical (unpaired) electrons. The third-order valence-electron chi connectivity index (χ3n) is 4.30. The molecule has 0 saturated heterocycles. The van der Waals surface area contributed by atoms with Gasteiger partial charge in [-0.1, -0.05) is 0 Å². The standard InChI is InChI=1S/C20H19GeNS/c1-21(2,3)15-9-10-18(22-13-15)14-8-11-20-17(12-14)16-6-4-5-7-19(16)23-20/h4-13H,1-3H3. The molecule has 114 valence electrons. The summed E-state index contributed by atoms with van der Waals surface area (Å²) in [5.41, 5.74) is 2.27. The van der Waals surface area contributed by atoms with Crippen LogP contribution in [0.3, 0.4) is 0 Å². The number of aromatic nitrogens is 1. The summed E-state index contributed by atoms with van der Waals surface area (Å²) in [4.78, 5) is 4.74. The van der Waals surface area contributed by atoms with Gasteiger partial charge in [0, 0.05) is 0 Å². The van der Waals surface area contributed by atoms with E-state index in [-0.39, 0.29) is 0 Å². The quantitative estimate of drug-likeness (QED) is 0.410. The van der Waals surface area contributed by atoms with Gasteiger partial charge in [0.2, 0.25) is 0 Å². The van der Waals surface area contributed by atoms with Gasteiger partial charge in [-0.25, -0.2) is 0 Å². The number of hydrogen-bond donors (Lipinski definition) is 0. The van der Waals surface area contributed by atoms with E-state index in [2.05, 4.69) is 78.1 Å². The normalized spacial score (nSPS) is 12.1. The van der Waals surface area contributed by atoms with Gasteiger partial charge in [-0.05, 0) is 0 Å². The van der Waals surface area contributed by atoms with E-state index < -0.39 is 13.3 Å². The van der Waals surface area contributed by atoms with Gasteiger partial charge in [0.15, 0.2) is 0 Å². The van der Waals surface area contributed by atoms with Crippen LogP contribution < -0.4 is 4.40 Å². The molecule has 0 bridgehead atoms. The fourth-order valence-corrected chi connectivity index (χ4v) is 6.15. The van der Waals surface area contributed by atoms with E-state index in [0.29, 0.717) is 0 Å². The van der Waals surface area contributed by atoms with Gasteiger partial charge in [-0.3, -0.25) is 0 Å². The molecule has 0 unspecified atom stereocenters. The molecule has 4 rings (SSSR count). The van der Waals surface area contributed by atoms with Crippen LogP contribution in [0, 0.1) is 0 Å². The Balaban J connectivity index is 1.84. The summed E-state index contributed by atoms with van der Waals surface area (Å²) in [7, 11) is 0. The Kier molecular flexibility index (Phi) is 3.54. The molecule has 0 saturated carbocycles. The summed E-state index contributed by atoms with van der Waals surface area (Å²) in [5.74, 6) is 7.21. The first-order valence-electron chi connectivity index (χ1n) is 7.90. The van der Waals surface area contributed by atoms with Crippen molar-refractivity contribution in [1.82, 2.24) is 4.98 Å². The zero-order chi connectivity index (χ0) is 16.0. The molecule has 0 fully saturated rings. The zero-order valence-electron chi connectivity index (χ0n) is 13.6. The van der Waals surface area contributed by atoms with E-state index in [1.807, 2.05) is 11.3 Å². The van der Waals surface area contributed by atoms with E-state index in [1.165, 1.54) is 30.1 Å². The molecule has 0 spiro atoms. The van der Waals surface area contributed by atoms with Gasteiger partial charge < -0.3 is 0 Å². The Labute approximate surface area is 143 Å². The Hall–Kier alpha value is -1.65. The predicted molar refractivity (Wildman–Crippen MR) is 106 cm³/mol. The second kappa shape index (κ2) is 5.46. The number of hydrogen-bond acceptors (Lipinski definition) is 2. The van der Waals surface area contributed by atoms with Crippen molar-refractivity contribution in [3.05, 3.63) is 60.8 Å². The van der Waals surface area contributed by atoms with E-state index >= 15 is 0 Å². The van der Waals surface area contributed by atoms with Gasteiger partial charge in [-0.2, -0.15) is 0 Å². The monoisotopic (exact) mass is 379 g/mol. The molecule has 1 nitrogen and oxygen atoms in total. The average Bonchev–Trinajstić information content (AvgIpc) is 2.92. The molecule has 0 aliphatic carbocycles. The third-order valence-corrected chi connectivity index (χ3v) is 9.71. The number of nitrogens with zero attached hydrogens (tertiary/aromatic N) is 1. The van der Waals surface area contributed by atoms with Gasteiger partial charge in [0.25, 0.3) is 0 Å². The Morgan fingerprint density at radius 2 is 1.61 bits per heavy atom. The first kappa shape index (κ1) is 14.9.